The molecule has 0 aliphatic carbocycles. The first-order valence-electron chi connectivity index (χ1n) is 4.42. The SMILES string of the molecule is CC(C)NC(=O)ON1CCCC1. The van der Waals surface area contributed by atoms with Crippen LogP contribution >= 0.6 is 0 Å². The van der Waals surface area contributed by atoms with Gasteiger partial charge < -0.3 is 10.2 Å². The number of hydrogen-bond donors (Lipinski definition) is 1. The Hall–Kier alpha value is -0.770. The smallest absolute Gasteiger partial charge is 0.351 e. The minimum absolute atomic E-state index is 0.139. The summed E-state index contributed by atoms with van der Waals surface area (Å²) in [4.78, 5) is 16.0. The molecule has 4 nitrogen and oxygen atoms in total. The van der Waals surface area contributed by atoms with Crippen molar-refractivity contribution in [1.82, 2.24) is 10.4 Å². The zero-order valence-electron chi connectivity index (χ0n) is 7.67. The molecule has 4 heteroatoms. The van der Waals surface area contributed by atoms with Crippen LogP contribution in [0.25, 0.3) is 0 Å². The average molecular weight is 172 g/mol. The quantitative estimate of drug-likeness (QED) is 0.679. The number of rotatable bonds is 2. The molecule has 0 radical (unpaired) electrons. The maximum atomic E-state index is 11.0. The molecule has 70 valence electrons. The molecule has 0 bridgehead atoms. The van der Waals surface area contributed by atoms with E-state index in [0.717, 1.165) is 25.9 Å². The number of hydroxylamine groups is 2. The highest BCUT2D eigenvalue weighted by molar-refractivity contribution is 5.67. The van der Waals surface area contributed by atoms with Crippen LogP contribution in [0.5, 0.6) is 0 Å². The van der Waals surface area contributed by atoms with E-state index in [1.807, 2.05) is 13.8 Å². The maximum absolute atomic E-state index is 11.0. The van der Waals surface area contributed by atoms with Crippen molar-refractivity contribution < 1.29 is 9.63 Å². The van der Waals surface area contributed by atoms with E-state index in [4.69, 9.17) is 4.84 Å². The Morgan fingerprint density at radius 1 is 1.42 bits per heavy atom. The fraction of sp³-hybridized carbons (Fsp3) is 0.875. The van der Waals surface area contributed by atoms with Crippen LogP contribution in [0.15, 0.2) is 0 Å². The van der Waals surface area contributed by atoms with E-state index in [-0.39, 0.29) is 12.1 Å². The van der Waals surface area contributed by atoms with Crippen molar-refractivity contribution in [3.63, 3.8) is 0 Å². The summed E-state index contributed by atoms with van der Waals surface area (Å²) >= 11 is 0. The van der Waals surface area contributed by atoms with Crippen LogP contribution in [0.2, 0.25) is 0 Å². The van der Waals surface area contributed by atoms with Crippen molar-refractivity contribution >= 4 is 6.09 Å². The largest absolute Gasteiger partial charge is 0.426 e. The Morgan fingerprint density at radius 3 is 2.50 bits per heavy atom. The van der Waals surface area contributed by atoms with Crippen LogP contribution in [0.3, 0.4) is 0 Å². The lowest BCUT2D eigenvalue weighted by Gasteiger charge is -2.15. The fourth-order valence-corrected chi connectivity index (χ4v) is 1.16. The normalized spacial score (nSPS) is 18.2. The molecule has 1 rings (SSSR count). The summed E-state index contributed by atoms with van der Waals surface area (Å²) in [5, 5.41) is 4.37. The van der Waals surface area contributed by atoms with Gasteiger partial charge in [-0.1, -0.05) is 0 Å². The summed E-state index contributed by atoms with van der Waals surface area (Å²) in [5.41, 5.74) is 0. The van der Waals surface area contributed by atoms with Crippen LogP contribution in [-0.4, -0.2) is 30.3 Å². The Balaban J connectivity index is 2.16. The van der Waals surface area contributed by atoms with Crippen molar-refractivity contribution in [3.8, 4) is 0 Å². The van der Waals surface area contributed by atoms with Gasteiger partial charge in [-0.2, -0.15) is 0 Å². The first kappa shape index (κ1) is 9.32. The maximum Gasteiger partial charge on any atom is 0.426 e. The highest BCUT2D eigenvalue weighted by Crippen LogP contribution is 2.07. The van der Waals surface area contributed by atoms with Gasteiger partial charge in [0.15, 0.2) is 0 Å². The summed E-state index contributed by atoms with van der Waals surface area (Å²) in [5.74, 6) is 0. The summed E-state index contributed by atoms with van der Waals surface area (Å²) < 4.78 is 0. The molecule has 0 aromatic heterocycles. The van der Waals surface area contributed by atoms with Crippen molar-refractivity contribution in [2.75, 3.05) is 13.1 Å². The van der Waals surface area contributed by atoms with E-state index < -0.39 is 0 Å². The van der Waals surface area contributed by atoms with Crippen LogP contribution in [0.1, 0.15) is 26.7 Å². The molecule has 12 heavy (non-hydrogen) atoms. The molecule has 1 amide bonds. The van der Waals surface area contributed by atoms with Gasteiger partial charge in [0.05, 0.1) is 0 Å². The van der Waals surface area contributed by atoms with Crippen LogP contribution in [0, 0.1) is 0 Å². The molecule has 0 aromatic carbocycles. The van der Waals surface area contributed by atoms with Crippen molar-refractivity contribution in [1.29, 1.82) is 0 Å². The van der Waals surface area contributed by atoms with E-state index in [9.17, 15) is 4.79 Å². The molecule has 1 aliphatic heterocycles. The second-order valence-electron chi connectivity index (χ2n) is 3.31. The zero-order chi connectivity index (χ0) is 8.97. The third-order valence-electron chi connectivity index (χ3n) is 1.68. The molecule has 0 atom stereocenters. The summed E-state index contributed by atoms with van der Waals surface area (Å²) in [6.07, 6.45) is 1.90. The van der Waals surface area contributed by atoms with Gasteiger partial charge in [0, 0.05) is 19.1 Å². The highest BCUT2D eigenvalue weighted by atomic mass is 16.7. The molecule has 1 N–H and O–H groups in total. The van der Waals surface area contributed by atoms with Gasteiger partial charge in [0.1, 0.15) is 0 Å². The second kappa shape index (κ2) is 4.30. The van der Waals surface area contributed by atoms with Crippen LogP contribution < -0.4 is 5.32 Å². The monoisotopic (exact) mass is 172 g/mol. The lowest BCUT2D eigenvalue weighted by molar-refractivity contribution is -0.0810. The van der Waals surface area contributed by atoms with Gasteiger partial charge in [-0.25, -0.2) is 4.79 Å². The Labute approximate surface area is 72.8 Å². The fourth-order valence-electron chi connectivity index (χ4n) is 1.16. The second-order valence-corrected chi connectivity index (χ2v) is 3.31. The molecule has 0 unspecified atom stereocenters. The molecule has 1 heterocycles. The number of carbonyl (C=O) groups is 1. The van der Waals surface area contributed by atoms with Crippen molar-refractivity contribution in [2.24, 2.45) is 0 Å². The van der Waals surface area contributed by atoms with Gasteiger partial charge >= 0.3 is 6.09 Å². The standard InChI is InChI=1S/C8H16N2O2/c1-7(2)9-8(11)12-10-5-3-4-6-10/h7H,3-6H2,1-2H3,(H,9,11). The lowest BCUT2D eigenvalue weighted by Crippen LogP contribution is -2.35. The number of amides is 1. The molecule has 0 aromatic rings. The topological polar surface area (TPSA) is 41.6 Å². The summed E-state index contributed by atoms with van der Waals surface area (Å²) in [7, 11) is 0. The van der Waals surface area contributed by atoms with E-state index in [1.165, 1.54) is 0 Å². The Bertz CT molecular complexity index is 153. The van der Waals surface area contributed by atoms with Gasteiger partial charge in [-0.15, -0.1) is 5.06 Å². The first-order valence-corrected chi connectivity index (χ1v) is 4.42. The zero-order valence-corrected chi connectivity index (χ0v) is 7.67. The van der Waals surface area contributed by atoms with Crippen molar-refractivity contribution in [2.45, 2.75) is 32.7 Å². The Morgan fingerprint density at radius 2 is 2.00 bits per heavy atom. The van der Waals surface area contributed by atoms with E-state index in [1.54, 1.807) is 5.06 Å². The number of nitrogens with one attached hydrogen (secondary N) is 1. The minimum atomic E-state index is -0.341. The van der Waals surface area contributed by atoms with Gasteiger partial charge in [-0.05, 0) is 26.7 Å². The molecule has 1 aliphatic rings. The third-order valence-corrected chi connectivity index (χ3v) is 1.68. The summed E-state index contributed by atoms with van der Waals surface area (Å²) in [6.45, 7) is 5.55. The molecule has 0 saturated carbocycles. The molecular formula is C8H16N2O2. The van der Waals surface area contributed by atoms with Crippen molar-refractivity contribution in [3.05, 3.63) is 0 Å². The van der Waals surface area contributed by atoms with Gasteiger partial charge in [0.25, 0.3) is 0 Å². The molecule has 1 fully saturated rings. The minimum Gasteiger partial charge on any atom is -0.351 e. The molecule has 0 spiro atoms. The third kappa shape index (κ3) is 3.09. The predicted octanol–water partition coefficient (Wildman–Crippen LogP) is 1.13. The predicted molar refractivity (Wildman–Crippen MR) is 45.6 cm³/mol. The van der Waals surface area contributed by atoms with Gasteiger partial charge in [-0.3, -0.25) is 0 Å². The van der Waals surface area contributed by atoms with Crippen LogP contribution in [0.4, 0.5) is 4.79 Å². The Kier molecular flexibility index (Phi) is 3.34. The molecular weight excluding hydrogens is 156 g/mol. The lowest BCUT2D eigenvalue weighted by atomic mass is 10.4. The number of nitrogens with zero attached hydrogens (tertiary/aromatic N) is 1. The average Bonchev–Trinajstić information content (AvgIpc) is 2.37. The molecule has 1 saturated heterocycles. The van der Waals surface area contributed by atoms with E-state index in [2.05, 4.69) is 5.32 Å². The van der Waals surface area contributed by atoms with Crippen LogP contribution in [-0.2, 0) is 4.84 Å². The summed E-state index contributed by atoms with van der Waals surface area (Å²) in [6, 6.07) is 0.139. The number of carbonyl (C=O) groups excluding carboxylic acids is 1. The van der Waals surface area contributed by atoms with E-state index >= 15 is 0 Å². The van der Waals surface area contributed by atoms with E-state index in [0.29, 0.717) is 0 Å². The number of hydrogen-bond acceptors (Lipinski definition) is 3. The first-order chi connectivity index (χ1) is 5.68. The van der Waals surface area contributed by atoms with Gasteiger partial charge in [0.2, 0.25) is 0 Å². The highest BCUT2D eigenvalue weighted by Gasteiger charge is 2.16.